The molecule has 0 amide bonds. The summed E-state index contributed by atoms with van der Waals surface area (Å²) in [5.74, 6) is 0. The van der Waals surface area contributed by atoms with Gasteiger partial charge in [0, 0.05) is 0 Å². The van der Waals surface area contributed by atoms with Gasteiger partial charge in [0.1, 0.15) is 0 Å². The van der Waals surface area contributed by atoms with Crippen molar-refractivity contribution < 1.29 is 70.6 Å². The molecule has 0 fully saturated rings. The van der Waals surface area contributed by atoms with E-state index in [1.54, 1.807) is 0 Å². The minimum atomic E-state index is -4.89. The first kappa shape index (κ1) is 16.8. The van der Waals surface area contributed by atoms with Gasteiger partial charge in [-0.05, 0) is 0 Å². The number of hydrogen-bond donors (Lipinski definition) is 2. The molecule has 0 aromatic carbocycles. The van der Waals surface area contributed by atoms with E-state index in [9.17, 15) is 0 Å². The predicted octanol–water partition coefficient (Wildman–Crippen LogP) is -5.21. The van der Waals surface area contributed by atoms with Crippen molar-refractivity contribution in [2.24, 2.45) is 0 Å². The molecule has 0 bridgehead atoms. The zero-order chi connectivity index (χ0) is 4.50. The monoisotopic (exact) mass is 176 g/mol. The molecule has 2 N–H and O–H groups in total. The van der Waals surface area contributed by atoms with Crippen LogP contribution in [0.15, 0.2) is 0 Å². The van der Waals surface area contributed by atoms with Crippen LogP contribution in [0.4, 0.5) is 0 Å². The number of rotatable bonds is 0. The van der Waals surface area contributed by atoms with E-state index in [4.69, 9.17) is 19.2 Å². The molecule has 0 saturated carbocycles. The molecular formula is H3K2O4P. The molecule has 7 heavy (non-hydrogen) atoms. The van der Waals surface area contributed by atoms with E-state index in [1.807, 2.05) is 0 Å². The molecule has 0 radical (unpaired) electrons. The van der Waals surface area contributed by atoms with Gasteiger partial charge < -0.3 is 14.7 Å². The van der Waals surface area contributed by atoms with Crippen molar-refractivity contribution in [2.75, 3.05) is 0 Å². The van der Waals surface area contributed by atoms with Crippen molar-refractivity contribution in [2.45, 2.75) is 0 Å². The Kier molecular flexibility index (Phi) is 17.9. The molecule has 0 saturated heterocycles. The van der Waals surface area contributed by atoms with Crippen LogP contribution < -0.4 is 56.3 Å². The summed E-state index contributed by atoms with van der Waals surface area (Å²) in [6, 6.07) is 0. The van der Waals surface area contributed by atoms with Crippen molar-refractivity contribution in [1.29, 1.82) is 0 Å². The van der Waals surface area contributed by atoms with Crippen LogP contribution in [0, 0.1) is 0 Å². The molecular weight excluding hydrogens is 173 g/mol. The Morgan fingerprint density at radius 3 is 1.43 bits per heavy atom. The van der Waals surface area contributed by atoms with Gasteiger partial charge in [0.05, 0.1) is 0 Å². The van der Waals surface area contributed by atoms with Gasteiger partial charge in [-0.2, -0.15) is 0 Å². The third-order valence-electron chi connectivity index (χ3n) is 0. The minimum absolute atomic E-state index is 0. The Labute approximate surface area is 126 Å². The summed E-state index contributed by atoms with van der Waals surface area (Å²) in [6.45, 7) is 0. The summed E-state index contributed by atoms with van der Waals surface area (Å²) in [4.78, 5) is 22.9. The Hall–Kier alpha value is 3.38. The maximum absolute atomic E-state index is 8.77. The average molecular weight is 176 g/mol. The van der Waals surface area contributed by atoms with Crippen molar-refractivity contribution in [3.63, 3.8) is 0 Å². The molecule has 0 atom stereocenters. The van der Waals surface area contributed by atoms with Crippen LogP contribution in [0.2, 0.25) is 0 Å². The Morgan fingerprint density at radius 1 is 1.43 bits per heavy atom. The van der Waals surface area contributed by atoms with E-state index in [-0.39, 0.29) is 103 Å². The van der Waals surface area contributed by atoms with Crippen molar-refractivity contribution >= 4 is 59.2 Å². The van der Waals surface area contributed by atoms with Crippen LogP contribution in [-0.2, 0) is 4.57 Å². The fourth-order valence-electron chi connectivity index (χ4n) is 0. The van der Waals surface area contributed by atoms with Gasteiger partial charge in [0.15, 0.2) is 0 Å². The van der Waals surface area contributed by atoms with Crippen molar-refractivity contribution in [3.05, 3.63) is 0 Å². The van der Waals surface area contributed by atoms with E-state index in [2.05, 4.69) is 0 Å². The van der Waals surface area contributed by atoms with Gasteiger partial charge in [-0.1, -0.05) is 0 Å². The van der Waals surface area contributed by atoms with Gasteiger partial charge >= 0.3 is 103 Å². The first-order valence-corrected chi connectivity index (χ1v) is 2.30. The fourth-order valence-corrected chi connectivity index (χ4v) is 0. The molecule has 0 aromatic heterocycles. The third kappa shape index (κ3) is 44.7. The molecule has 34 valence electrons. The van der Waals surface area contributed by atoms with Gasteiger partial charge in [-0.3, -0.25) is 4.57 Å². The predicted molar refractivity (Wildman–Crippen MR) is 19.2 cm³/mol. The summed E-state index contributed by atoms with van der Waals surface area (Å²) in [5, 5.41) is 0. The van der Waals surface area contributed by atoms with Gasteiger partial charge in [-0.15, -0.1) is 0 Å². The van der Waals surface area contributed by atoms with Gasteiger partial charge in [0.2, 0.25) is 0 Å². The van der Waals surface area contributed by atoms with E-state index in [0.29, 0.717) is 0 Å². The SMILES string of the molecule is O=P([O-])(O)O.[K+].[KH]. The summed E-state index contributed by atoms with van der Waals surface area (Å²) in [5.41, 5.74) is 0. The molecule has 0 rings (SSSR count). The number of hydrogen-bond acceptors (Lipinski definition) is 2. The Bertz CT molecular complexity index is 55.8. The quantitative estimate of drug-likeness (QED) is 0.285. The molecule has 0 aliphatic carbocycles. The molecule has 0 spiro atoms. The maximum atomic E-state index is 8.77. The first-order valence-electron chi connectivity index (χ1n) is 0.765. The standard InChI is InChI=1S/2K.H3O4P.H/c;;1-5(2,3)4;/h;;(H3,1,2,3,4);/q;+1;;/p-1. The van der Waals surface area contributed by atoms with E-state index >= 15 is 0 Å². The zero-order valence-electron chi connectivity index (χ0n) is 3.16. The normalized spacial score (nSPS) is 8.43. The summed E-state index contributed by atoms with van der Waals surface area (Å²) < 4.78 is 8.77. The summed E-state index contributed by atoms with van der Waals surface area (Å²) in [7, 11) is -4.89. The Balaban J connectivity index is -0.0000000800. The molecule has 4 nitrogen and oxygen atoms in total. The molecule has 0 unspecified atom stereocenters. The number of phosphoric acid groups is 1. The van der Waals surface area contributed by atoms with Gasteiger partial charge in [-0.25, -0.2) is 0 Å². The topological polar surface area (TPSA) is 80.6 Å². The van der Waals surface area contributed by atoms with E-state index in [0.717, 1.165) is 0 Å². The molecule has 0 aliphatic heterocycles. The van der Waals surface area contributed by atoms with Crippen LogP contribution in [0.1, 0.15) is 0 Å². The van der Waals surface area contributed by atoms with Crippen molar-refractivity contribution in [1.82, 2.24) is 0 Å². The molecule has 0 aromatic rings. The Morgan fingerprint density at radius 2 is 1.43 bits per heavy atom. The van der Waals surface area contributed by atoms with Crippen LogP contribution >= 0.6 is 7.82 Å². The average Bonchev–Trinajstić information content (AvgIpc) is 0.722. The van der Waals surface area contributed by atoms with Crippen LogP contribution in [0.3, 0.4) is 0 Å². The first-order chi connectivity index (χ1) is 2.00. The molecule has 7 heteroatoms. The van der Waals surface area contributed by atoms with Crippen molar-refractivity contribution in [3.8, 4) is 0 Å². The van der Waals surface area contributed by atoms with Crippen LogP contribution in [0.5, 0.6) is 0 Å². The van der Waals surface area contributed by atoms with E-state index in [1.165, 1.54) is 0 Å². The van der Waals surface area contributed by atoms with E-state index < -0.39 is 7.82 Å². The second-order valence-electron chi connectivity index (χ2n) is 0.491. The third-order valence-corrected chi connectivity index (χ3v) is 0. The fraction of sp³-hybridized carbons (Fsp3) is 0. The van der Waals surface area contributed by atoms with Crippen LogP contribution in [-0.4, -0.2) is 61.2 Å². The van der Waals surface area contributed by atoms with Gasteiger partial charge in [0.25, 0.3) is 7.82 Å². The second kappa shape index (κ2) is 7.49. The van der Waals surface area contributed by atoms with Crippen LogP contribution in [0.25, 0.3) is 0 Å². The second-order valence-corrected chi connectivity index (χ2v) is 1.47. The molecule has 0 heterocycles. The zero-order valence-corrected chi connectivity index (χ0v) is 7.18. The molecule has 0 aliphatic rings. The summed E-state index contributed by atoms with van der Waals surface area (Å²) >= 11 is 0. The summed E-state index contributed by atoms with van der Waals surface area (Å²) in [6.07, 6.45) is 0.